The zero-order valence-electron chi connectivity index (χ0n) is 21.6. The van der Waals surface area contributed by atoms with Gasteiger partial charge in [0.05, 0.1) is 19.8 Å². The van der Waals surface area contributed by atoms with Gasteiger partial charge in [-0.25, -0.2) is 4.79 Å². The number of aromatic nitrogens is 1. The minimum Gasteiger partial charge on any atom is -0.497 e. The molecule has 0 spiro atoms. The van der Waals surface area contributed by atoms with Gasteiger partial charge in [0.25, 0.3) is 5.91 Å². The van der Waals surface area contributed by atoms with Crippen LogP contribution < -0.4 is 9.64 Å². The maximum atomic E-state index is 13.1. The molecule has 194 valence electrons. The van der Waals surface area contributed by atoms with E-state index in [1.807, 2.05) is 21.9 Å². The summed E-state index contributed by atoms with van der Waals surface area (Å²) in [5, 5.41) is 0. The summed E-state index contributed by atoms with van der Waals surface area (Å²) in [7, 11) is 3.00. The number of amides is 2. The molecule has 0 radical (unpaired) electrons. The molecular weight excluding hydrogens is 460 g/mol. The Labute approximate surface area is 212 Å². The SMILES string of the molecule is COC(=O)c1c(C)[nH]c(C(=O)N2CCC(CC(=O)N3CCN(c4ccc(OC)cc4)CC3)CC2)c1C. The van der Waals surface area contributed by atoms with Crippen molar-refractivity contribution in [2.75, 3.05) is 58.4 Å². The molecule has 9 nitrogen and oxygen atoms in total. The lowest BCUT2D eigenvalue weighted by molar-refractivity contribution is -0.132. The van der Waals surface area contributed by atoms with Gasteiger partial charge >= 0.3 is 5.97 Å². The Hall–Kier alpha value is -3.49. The highest BCUT2D eigenvalue weighted by atomic mass is 16.5. The van der Waals surface area contributed by atoms with E-state index in [1.54, 1.807) is 21.0 Å². The van der Waals surface area contributed by atoms with E-state index in [-0.39, 0.29) is 17.7 Å². The van der Waals surface area contributed by atoms with Gasteiger partial charge in [0, 0.05) is 57.1 Å². The van der Waals surface area contributed by atoms with Crippen LogP contribution in [0.2, 0.25) is 0 Å². The van der Waals surface area contributed by atoms with Crippen molar-refractivity contribution in [2.24, 2.45) is 5.92 Å². The number of esters is 1. The highest BCUT2D eigenvalue weighted by Gasteiger charge is 2.30. The Morgan fingerprint density at radius 3 is 2.14 bits per heavy atom. The van der Waals surface area contributed by atoms with Crippen LogP contribution in [0.1, 0.15) is 51.4 Å². The van der Waals surface area contributed by atoms with E-state index in [4.69, 9.17) is 9.47 Å². The fourth-order valence-corrected chi connectivity index (χ4v) is 5.25. The Morgan fingerprint density at radius 1 is 0.917 bits per heavy atom. The molecular formula is C27H36N4O5. The number of nitrogens with zero attached hydrogens (tertiary/aromatic N) is 3. The van der Waals surface area contributed by atoms with Gasteiger partial charge in [-0.05, 0) is 62.4 Å². The van der Waals surface area contributed by atoms with E-state index in [0.29, 0.717) is 42.0 Å². The van der Waals surface area contributed by atoms with Crippen LogP contribution in [0.4, 0.5) is 5.69 Å². The Morgan fingerprint density at radius 2 is 1.56 bits per heavy atom. The average molecular weight is 497 g/mol. The number of ether oxygens (including phenoxy) is 2. The van der Waals surface area contributed by atoms with Crippen LogP contribution >= 0.6 is 0 Å². The highest BCUT2D eigenvalue weighted by molar-refractivity contribution is 6.00. The summed E-state index contributed by atoms with van der Waals surface area (Å²) in [6, 6.07) is 8.02. The van der Waals surface area contributed by atoms with Crippen molar-refractivity contribution in [2.45, 2.75) is 33.1 Å². The number of hydrogen-bond acceptors (Lipinski definition) is 6. The number of aryl methyl sites for hydroxylation is 1. The molecule has 0 aliphatic carbocycles. The third kappa shape index (κ3) is 5.34. The van der Waals surface area contributed by atoms with Gasteiger partial charge in [0.15, 0.2) is 0 Å². The molecule has 0 atom stereocenters. The first-order valence-corrected chi connectivity index (χ1v) is 12.6. The highest BCUT2D eigenvalue weighted by Crippen LogP contribution is 2.26. The Bertz CT molecular complexity index is 1090. The van der Waals surface area contributed by atoms with Gasteiger partial charge in [-0.1, -0.05) is 0 Å². The number of carbonyl (C=O) groups excluding carboxylic acids is 3. The van der Waals surface area contributed by atoms with Crippen LogP contribution in [0.3, 0.4) is 0 Å². The third-order valence-electron chi connectivity index (χ3n) is 7.48. The molecule has 1 aromatic carbocycles. The summed E-state index contributed by atoms with van der Waals surface area (Å²) in [5.74, 6) is 0.767. The van der Waals surface area contributed by atoms with Crippen LogP contribution in [0.5, 0.6) is 5.75 Å². The smallest absolute Gasteiger partial charge is 0.339 e. The van der Waals surface area contributed by atoms with Gasteiger partial charge in [-0.15, -0.1) is 0 Å². The number of carbonyl (C=O) groups is 3. The summed E-state index contributed by atoms with van der Waals surface area (Å²) >= 11 is 0. The average Bonchev–Trinajstić information content (AvgIpc) is 3.21. The molecule has 36 heavy (non-hydrogen) atoms. The summed E-state index contributed by atoms with van der Waals surface area (Å²) < 4.78 is 10.1. The lowest BCUT2D eigenvalue weighted by atomic mass is 9.92. The first-order chi connectivity index (χ1) is 17.3. The Kier molecular flexibility index (Phi) is 7.86. The number of piperidine rings is 1. The molecule has 2 aliphatic heterocycles. The molecule has 2 aliphatic rings. The molecule has 9 heteroatoms. The standard InChI is InChI=1S/C27H36N4O5/c1-18-24(27(34)36-4)19(2)28-25(18)26(33)31-11-9-20(10-12-31)17-23(32)30-15-13-29(14-16-30)21-5-7-22(35-3)8-6-21/h5-8,20,28H,9-17H2,1-4H3. The van der Waals surface area contributed by atoms with Gasteiger partial charge in [-0.3, -0.25) is 9.59 Å². The number of likely N-dealkylation sites (tertiary alicyclic amines) is 1. The van der Waals surface area contributed by atoms with Crippen LogP contribution in [0, 0.1) is 19.8 Å². The monoisotopic (exact) mass is 496 g/mol. The van der Waals surface area contributed by atoms with Gasteiger partial charge in [0.2, 0.25) is 5.91 Å². The van der Waals surface area contributed by atoms with Crippen LogP contribution in [0.25, 0.3) is 0 Å². The maximum absolute atomic E-state index is 13.1. The van der Waals surface area contributed by atoms with Crippen molar-refractivity contribution < 1.29 is 23.9 Å². The first-order valence-electron chi connectivity index (χ1n) is 12.6. The van der Waals surface area contributed by atoms with E-state index in [0.717, 1.165) is 50.5 Å². The molecule has 3 heterocycles. The lowest BCUT2D eigenvalue weighted by Gasteiger charge is -2.37. The normalized spacial score (nSPS) is 16.7. The molecule has 2 aromatic rings. The number of H-pyrrole nitrogens is 1. The number of methoxy groups -OCH3 is 2. The van der Waals surface area contributed by atoms with Crippen LogP contribution in [0.15, 0.2) is 24.3 Å². The fourth-order valence-electron chi connectivity index (χ4n) is 5.25. The number of benzene rings is 1. The predicted molar refractivity (Wildman–Crippen MR) is 137 cm³/mol. The van der Waals surface area contributed by atoms with Crippen LogP contribution in [-0.2, 0) is 9.53 Å². The molecule has 2 fully saturated rings. The molecule has 0 unspecified atom stereocenters. The van der Waals surface area contributed by atoms with E-state index in [9.17, 15) is 14.4 Å². The van der Waals surface area contributed by atoms with Gasteiger partial charge < -0.3 is 29.2 Å². The van der Waals surface area contributed by atoms with Gasteiger partial charge in [-0.2, -0.15) is 0 Å². The third-order valence-corrected chi connectivity index (χ3v) is 7.48. The van der Waals surface area contributed by atoms with Crippen molar-refractivity contribution in [1.29, 1.82) is 0 Å². The minimum atomic E-state index is -0.442. The topological polar surface area (TPSA) is 95.2 Å². The molecule has 1 N–H and O–H groups in total. The quantitative estimate of drug-likeness (QED) is 0.618. The second kappa shape index (κ2) is 11.1. The number of aromatic amines is 1. The van der Waals surface area contributed by atoms with Crippen molar-refractivity contribution in [1.82, 2.24) is 14.8 Å². The zero-order chi connectivity index (χ0) is 25.8. The van der Waals surface area contributed by atoms with Crippen LogP contribution in [-0.4, -0.2) is 86.1 Å². The van der Waals surface area contributed by atoms with Crippen molar-refractivity contribution in [3.63, 3.8) is 0 Å². The number of piperazine rings is 1. The first kappa shape index (κ1) is 25.6. The lowest BCUT2D eigenvalue weighted by Crippen LogP contribution is -2.49. The molecule has 4 rings (SSSR count). The molecule has 2 amide bonds. The van der Waals surface area contributed by atoms with E-state index in [1.165, 1.54) is 7.11 Å². The van der Waals surface area contributed by atoms with Crippen molar-refractivity contribution in [3.8, 4) is 5.75 Å². The maximum Gasteiger partial charge on any atom is 0.339 e. The molecule has 0 bridgehead atoms. The fraction of sp³-hybridized carbons (Fsp3) is 0.519. The van der Waals surface area contributed by atoms with Crippen molar-refractivity contribution >= 4 is 23.5 Å². The number of rotatable bonds is 6. The van der Waals surface area contributed by atoms with E-state index >= 15 is 0 Å². The molecule has 1 aromatic heterocycles. The molecule has 0 saturated carbocycles. The number of hydrogen-bond donors (Lipinski definition) is 1. The second-order valence-electron chi connectivity index (χ2n) is 9.62. The second-order valence-corrected chi connectivity index (χ2v) is 9.62. The van der Waals surface area contributed by atoms with Gasteiger partial charge in [0.1, 0.15) is 11.4 Å². The summed E-state index contributed by atoms with van der Waals surface area (Å²) in [5.41, 5.74) is 3.27. The predicted octanol–water partition coefficient (Wildman–Crippen LogP) is 3.02. The summed E-state index contributed by atoms with van der Waals surface area (Å²) in [6.45, 7) is 7.81. The summed E-state index contributed by atoms with van der Waals surface area (Å²) in [6.07, 6.45) is 2.12. The van der Waals surface area contributed by atoms with E-state index < -0.39 is 5.97 Å². The number of nitrogens with one attached hydrogen (secondary N) is 1. The molecule has 2 saturated heterocycles. The number of anilines is 1. The largest absolute Gasteiger partial charge is 0.497 e. The van der Waals surface area contributed by atoms with Crippen molar-refractivity contribution in [3.05, 3.63) is 46.8 Å². The zero-order valence-corrected chi connectivity index (χ0v) is 21.6. The van der Waals surface area contributed by atoms with E-state index in [2.05, 4.69) is 22.0 Å². The summed E-state index contributed by atoms with van der Waals surface area (Å²) in [4.78, 5) is 47.3. The Balaban J connectivity index is 1.25. The minimum absolute atomic E-state index is 0.106.